The molecule has 0 bridgehead atoms. The molecule has 1 aromatic rings. The Hall–Kier alpha value is -0.940. The third kappa shape index (κ3) is 3.57. The molecule has 0 aromatic heterocycles. The van der Waals surface area contributed by atoms with E-state index in [1.54, 1.807) is 6.92 Å². The molecular formula is C11H13BrN2OS. The highest BCUT2D eigenvalue weighted by molar-refractivity contribution is 9.10. The summed E-state index contributed by atoms with van der Waals surface area (Å²) in [6.07, 6.45) is 0. The smallest absolute Gasteiger partial charge is 0.229 e. The fourth-order valence-corrected chi connectivity index (χ4v) is 1.64. The molecule has 1 aromatic carbocycles. The summed E-state index contributed by atoms with van der Waals surface area (Å²) < 4.78 is 0.971. The van der Waals surface area contributed by atoms with Crippen molar-refractivity contribution < 1.29 is 4.79 Å². The van der Waals surface area contributed by atoms with Crippen LogP contribution in [0.15, 0.2) is 28.7 Å². The predicted octanol–water partition coefficient (Wildman–Crippen LogP) is 1.99. The maximum absolute atomic E-state index is 11.6. The van der Waals surface area contributed by atoms with Gasteiger partial charge in [0.1, 0.15) is 0 Å². The van der Waals surface area contributed by atoms with E-state index >= 15 is 0 Å². The topological polar surface area (TPSA) is 55.1 Å². The van der Waals surface area contributed by atoms with Crippen molar-refractivity contribution in [2.45, 2.75) is 13.5 Å². The number of nitrogens with one attached hydrogen (secondary N) is 1. The summed E-state index contributed by atoms with van der Waals surface area (Å²) >= 11 is 8.17. The van der Waals surface area contributed by atoms with Crippen LogP contribution in [0.25, 0.3) is 0 Å². The lowest BCUT2D eigenvalue weighted by Crippen LogP contribution is -2.35. The predicted molar refractivity (Wildman–Crippen MR) is 71.9 cm³/mol. The maximum atomic E-state index is 11.6. The molecule has 5 heteroatoms. The number of rotatable bonds is 4. The van der Waals surface area contributed by atoms with Crippen molar-refractivity contribution in [3.63, 3.8) is 0 Å². The van der Waals surface area contributed by atoms with Gasteiger partial charge in [-0.3, -0.25) is 4.79 Å². The fraction of sp³-hybridized carbons (Fsp3) is 0.273. The largest absolute Gasteiger partial charge is 0.393 e. The second-order valence-corrected chi connectivity index (χ2v) is 4.76. The molecule has 3 N–H and O–H groups in total. The van der Waals surface area contributed by atoms with E-state index in [9.17, 15) is 4.79 Å². The summed E-state index contributed by atoms with van der Waals surface area (Å²) in [5, 5.41) is 2.78. The van der Waals surface area contributed by atoms with Crippen molar-refractivity contribution in [2.24, 2.45) is 11.7 Å². The van der Waals surface area contributed by atoms with Gasteiger partial charge in [-0.05, 0) is 18.6 Å². The number of hydrogen-bond acceptors (Lipinski definition) is 2. The van der Waals surface area contributed by atoms with Crippen LogP contribution < -0.4 is 11.1 Å². The minimum Gasteiger partial charge on any atom is -0.393 e. The number of amides is 1. The lowest BCUT2D eigenvalue weighted by molar-refractivity contribution is -0.122. The van der Waals surface area contributed by atoms with E-state index in [4.69, 9.17) is 18.0 Å². The van der Waals surface area contributed by atoms with Gasteiger partial charge in [-0.25, -0.2) is 0 Å². The summed E-state index contributed by atoms with van der Waals surface area (Å²) in [5.41, 5.74) is 6.42. The molecule has 0 aliphatic heterocycles. The normalized spacial score (nSPS) is 11.9. The van der Waals surface area contributed by atoms with Crippen molar-refractivity contribution >= 4 is 39.0 Å². The molecular weight excluding hydrogens is 288 g/mol. The molecule has 0 saturated heterocycles. The van der Waals surface area contributed by atoms with Crippen LogP contribution in [0.3, 0.4) is 0 Å². The van der Waals surface area contributed by atoms with Gasteiger partial charge < -0.3 is 11.1 Å². The summed E-state index contributed by atoms with van der Waals surface area (Å²) in [6.45, 7) is 2.16. The molecule has 0 heterocycles. The van der Waals surface area contributed by atoms with E-state index < -0.39 is 5.92 Å². The van der Waals surface area contributed by atoms with E-state index in [0.717, 1.165) is 10.0 Å². The summed E-state index contributed by atoms with van der Waals surface area (Å²) in [6, 6.07) is 7.71. The van der Waals surface area contributed by atoms with Gasteiger partial charge in [-0.15, -0.1) is 0 Å². The molecule has 86 valence electrons. The summed E-state index contributed by atoms with van der Waals surface area (Å²) in [4.78, 5) is 11.8. The SMILES string of the molecule is CC(C(=O)NCc1ccccc1Br)C(N)=S. The molecule has 3 nitrogen and oxygen atoms in total. The van der Waals surface area contributed by atoms with Crippen LogP contribution in [-0.4, -0.2) is 10.9 Å². The molecule has 1 atom stereocenters. The molecule has 0 aliphatic rings. The van der Waals surface area contributed by atoms with Gasteiger partial charge in [0.2, 0.25) is 5.91 Å². The Balaban J connectivity index is 2.56. The number of carbonyl (C=O) groups is 1. The van der Waals surface area contributed by atoms with Crippen LogP contribution in [0, 0.1) is 5.92 Å². The van der Waals surface area contributed by atoms with Crippen molar-refractivity contribution in [2.75, 3.05) is 0 Å². The van der Waals surface area contributed by atoms with Crippen molar-refractivity contribution in [1.29, 1.82) is 0 Å². The van der Waals surface area contributed by atoms with Gasteiger partial charge in [-0.1, -0.05) is 46.3 Å². The first-order valence-electron chi connectivity index (χ1n) is 4.83. The van der Waals surface area contributed by atoms with Crippen LogP contribution in [0.1, 0.15) is 12.5 Å². The van der Waals surface area contributed by atoms with E-state index in [1.165, 1.54) is 0 Å². The van der Waals surface area contributed by atoms with Crippen molar-refractivity contribution in [3.05, 3.63) is 34.3 Å². The van der Waals surface area contributed by atoms with Crippen LogP contribution in [-0.2, 0) is 11.3 Å². The first-order chi connectivity index (χ1) is 7.52. The number of halogens is 1. The fourth-order valence-electron chi connectivity index (χ4n) is 1.11. The number of benzene rings is 1. The maximum Gasteiger partial charge on any atom is 0.229 e. The standard InChI is InChI=1S/C11H13BrN2OS/c1-7(10(13)16)11(15)14-6-8-4-2-3-5-9(8)12/h2-5,7H,6H2,1H3,(H2,13,16)(H,14,15). The Morgan fingerprint density at radius 3 is 2.75 bits per heavy atom. The van der Waals surface area contributed by atoms with E-state index in [0.29, 0.717) is 6.54 Å². The molecule has 0 fully saturated rings. The minimum absolute atomic E-state index is 0.150. The molecule has 0 radical (unpaired) electrons. The zero-order chi connectivity index (χ0) is 12.1. The van der Waals surface area contributed by atoms with E-state index in [1.807, 2.05) is 24.3 Å². The van der Waals surface area contributed by atoms with Crippen molar-refractivity contribution in [3.8, 4) is 0 Å². The third-order valence-electron chi connectivity index (χ3n) is 2.23. The van der Waals surface area contributed by atoms with Crippen LogP contribution in [0.2, 0.25) is 0 Å². The van der Waals surface area contributed by atoms with Gasteiger partial charge in [0.25, 0.3) is 0 Å². The number of hydrogen-bond donors (Lipinski definition) is 2. The lowest BCUT2D eigenvalue weighted by atomic mass is 10.1. The number of carbonyl (C=O) groups excluding carboxylic acids is 1. The van der Waals surface area contributed by atoms with Crippen molar-refractivity contribution in [1.82, 2.24) is 5.32 Å². The zero-order valence-corrected chi connectivity index (χ0v) is 11.3. The Morgan fingerprint density at radius 2 is 2.19 bits per heavy atom. The lowest BCUT2D eigenvalue weighted by Gasteiger charge is -2.11. The highest BCUT2D eigenvalue weighted by atomic mass is 79.9. The first-order valence-corrected chi connectivity index (χ1v) is 6.03. The first kappa shape index (κ1) is 13.1. The Labute approximate surface area is 109 Å². The molecule has 0 saturated carbocycles. The van der Waals surface area contributed by atoms with E-state index in [2.05, 4.69) is 21.2 Å². The highest BCUT2D eigenvalue weighted by Gasteiger charge is 2.14. The Bertz CT molecular complexity index is 409. The van der Waals surface area contributed by atoms with Gasteiger partial charge in [-0.2, -0.15) is 0 Å². The average molecular weight is 301 g/mol. The third-order valence-corrected chi connectivity index (χ3v) is 3.36. The molecule has 1 rings (SSSR count). The second kappa shape index (κ2) is 5.96. The molecule has 0 aliphatic carbocycles. The van der Waals surface area contributed by atoms with Crippen LogP contribution in [0.4, 0.5) is 0 Å². The van der Waals surface area contributed by atoms with Crippen LogP contribution >= 0.6 is 28.1 Å². The summed E-state index contributed by atoms with van der Waals surface area (Å²) in [7, 11) is 0. The van der Waals surface area contributed by atoms with Gasteiger partial charge in [0.05, 0.1) is 10.9 Å². The zero-order valence-electron chi connectivity index (χ0n) is 8.87. The molecule has 1 amide bonds. The second-order valence-electron chi connectivity index (χ2n) is 3.43. The Kier molecular flexibility index (Phi) is 4.89. The monoisotopic (exact) mass is 300 g/mol. The Morgan fingerprint density at radius 1 is 1.56 bits per heavy atom. The van der Waals surface area contributed by atoms with Gasteiger partial charge >= 0.3 is 0 Å². The average Bonchev–Trinajstić information content (AvgIpc) is 2.26. The highest BCUT2D eigenvalue weighted by Crippen LogP contribution is 2.15. The van der Waals surface area contributed by atoms with Gasteiger partial charge in [0, 0.05) is 11.0 Å². The minimum atomic E-state index is -0.433. The number of thiocarbonyl (C=S) groups is 1. The quantitative estimate of drug-likeness (QED) is 0.836. The van der Waals surface area contributed by atoms with Gasteiger partial charge in [0.15, 0.2) is 0 Å². The van der Waals surface area contributed by atoms with Crippen LogP contribution in [0.5, 0.6) is 0 Å². The molecule has 16 heavy (non-hydrogen) atoms. The molecule has 0 spiro atoms. The van der Waals surface area contributed by atoms with E-state index in [-0.39, 0.29) is 10.9 Å². The number of nitrogens with two attached hydrogens (primary N) is 1. The summed E-state index contributed by atoms with van der Waals surface area (Å²) in [5.74, 6) is -0.583. The molecule has 1 unspecified atom stereocenters.